The van der Waals surface area contributed by atoms with Crippen LogP contribution in [0.2, 0.25) is 0 Å². The molecule has 0 spiro atoms. The number of hydrogen-bond donors (Lipinski definition) is 0. The summed E-state index contributed by atoms with van der Waals surface area (Å²) in [7, 11) is 0. The molecule has 0 saturated heterocycles. The molecule has 0 bridgehead atoms. The Morgan fingerprint density at radius 1 is 1.26 bits per heavy atom. The number of nitro benzene ring substituents is 1. The third kappa shape index (κ3) is 3.34. The Balaban J connectivity index is 1.90. The van der Waals surface area contributed by atoms with Gasteiger partial charge in [-0.15, -0.1) is 22.7 Å². The van der Waals surface area contributed by atoms with Crippen molar-refractivity contribution < 1.29 is 4.92 Å². The molecule has 2 aromatic heterocycles. The molecule has 0 atom stereocenters. The molecule has 2 heterocycles. The van der Waals surface area contributed by atoms with Crippen molar-refractivity contribution in [2.24, 2.45) is 0 Å². The first kappa shape index (κ1) is 15.1. The number of nitriles is 1. The summed E-state index contributed by atoms with van der Waals surface area (Å²) in [6.45, 7) is 0. The third-order valence-electron chi connectivity index (χ3n) is 3.06. The van der Waals surface area contributed by atoms with E-state index in [1.54, 1.807) is 23.5 Å². The number of rotatable bonds is 4. The Hall–Kier alpha value is -2.82. The third-order valence-corrected chi connectivity index (χ3v) is 4.75. The number of benzene rings is 1. The molecule has 0 aliphatic heterocycles. The lowest BCUT2D eigenvalue weighted by Gasteiger charge is -1.96. The van der Waals surface area contributed by atoms with Gasteiger partial charge >= 0.3 is 0 Å². The topological polar surface area (TPSA) is 79.8 Å². The first-order valence-corrected chi connectivity index (χ1v) is 8.29. The predicted molar refractivity (Wildman–Crippen MR) is 92.0 cm³/mol. The molecular formula is C16H9N3O2S2. The highest BCUT2D eigenvalue weighted by atomic mass is 32.1. The number of nitro groups is 1. The number of thiazole rings is 1. The maximum Gasteiger partial charge on any atom is 0.269 e. The number of non-ortho nitro benzene ring substituents is 1. The second-order valence-electron chi connectivity index (χ2n) is 4.53. The van der Waals surface area contributed by atoms with E-state index in [0.717, 1.165) is 10.4 Å². The molecule has 0 aliphatic rings. The zero-order valence-electron chi connectivity index (χ0n) is 11.7. The quantitative estimate of drug-likeness (QED) is 0.387. The molecule has 0 unspecified atom stereocenters. The first-order chi connectivity index (χ1) is 11.2. The van der Waals surface area contributed by atoms with Crippen LogP contribution in [0.25, 0.3) is 22.9 Å². The normalized spacial score (nSPS) is 11.2. The summed E-state index contributed by atoms with van der Waals surface area (Å²) in [6, 6.07) is 12.2. The van der Waals surface area contributed by atoms with Crippen molar-refractivity contribution >= 4 is 40.0 Å². The van der Waals surface area contributed by atoms with E-state index in [1.165, 1.54) is 23.5 Å². The summed E-state index contributed by atoms with van der Waals surface area (Å²) in [5.41, 5.74) is 2.03. The second kappa shape index (κ2) is 6.52. The van der Waals surface area contributed by atoms with Crippen LogP contribution in [-0.2, 0) is 0 Å². The average Bonchev–Trinajstić information content (AvgIpc) is 3.24. The van der Waals surface area contributed by atoms with Crippen LogP contribution >= 0.6 is 22.7 Å². The van der Waals surface area contributed by atoms with Gasteiger partial charge in [0.05, 0.1) is 16.2 Å². The van der Waals surface area contributed by atoms with Crippen molar-refractivity contribution in [3.63, 3.8) is 0 Å². The van der Waals surface area contributed by atoms with E-state index in [9.17, 15) is 15.4 Å². The van der Waals surface area contributed by atoms with Crippen LogP contribution in [0.5, 0.6) is 0 Å². The number of hydrogen-bond acceptors (Lipinski definition) is 6. The van der Waals surface area contributed by atoms with Crippen LogP contribution in [0.4, 0.5) is 5.69 Å². The summed E-state index contributed by atoms with van der Waals surface area (Å²) >= 11 is 2.93. The van der Waals surface area contributed by atoms with Gasteiger partial charge in [0, 0.05) is 28.0 Å². The number of allylic oxidation sites excluding steroid dienone is 1. The average molecular weight is 339 g/mol. The molecule has 0 amide bonds. The number of aromatic nitrogens is 1. The monoisotopic (exact) mass is 339 g/mol. The van der Waals surface area contributed by atoms with Gasteiger partial charge in [-0.2, -0.15) is 5.26 Å². The fourth-order valence-corrected chi connectivity index (χ4v) is 3.39. The molecule has 1 aromatic carbocycles. The number of thiophene rings is 1. The SMILES string of the molecule is N#CC(=Cc1cccs1)c1nc(-c2ccc([N+](=O)[O-])cc2)cs1. The summed E-state index contributed by atoms with van der Waals surface area (Å²) in [5, 5.41) is 24.4. The molecule has 0 N–H and O–H groups in total. The minimum absolute atomic E-state index is 0.0412. The molecule has 3 rings (SSSR count). The highest BCUT2D eigenvalue weighted by Gasteiger charge is 2.11. The van der Waals surface area contributed by atoms with Gasteiger partial charge in [-0.05, 0) is 29.7 Å². The van der Waals surface area contributed by atoms with Gasteiger partial charge in [-0.1, -0.05) is 6.07 Å². The van der Waals surface area contributed by atoms with Gasteiger partial charge in [-0.3, -0.25) is 10.1 Å². The van der Waals surface area contributed by atoms with E-state index in [0.29, 0.717) is 16.3 Å². The molecular weight excluding hydrogens is 330 g/mol. The largest absolute Gasteiger partial charge is 0.269 e. The maximum atomic E-state index is 10.7. The van der Waals surface area contributed by atoms with E-state index in [4.69, 9.17) is 0 Å². The molecule has 0 fully saturated rings. The molecule has 3 aromatic rings. The minimum atomic E-state index is -0.437. The van der Waals surface area contributed by atoms with Crippen molar-refractivity contribution in [3.8, 4) is 17.3 Å². The maximum absolute atomic E-state index is 10.7. The fourth-order valence-electron chi connectivity index (χ4n) is 1.94. The molecule has 0 radical (unpaired) electrons. The smallest absolute Gasteiger partial charge is 0.258 e. The van der Waals surface area contributed by atoms with Gasteiger partial charge in [0.15, 0.2) is 0 Å². The van der Waals surface area contributed by atoms with Crippen LogP contribution in [0.3, 0.4) is 0 Å². The molecule has 7 heteroatoms. The van der Waals surface area contributed by atoms with Gasteiger partial charge in [0.2, 0.25) is 0 Å². The molecule has 23 heavy (non-hydrogen) atoms. The zero-order valence-corrected chi connectivity index (χ0v) is 13.3. The molecule has 112 valence electrons. The second-order valence-corrected chi connectivity index (χ2v) is 6.36. The highest BCUT2D eigenvalue weighted by molar-refractivity contribution is 7.12. The van der Waals surface area contributed by atoms with Crippen molar-refractivity contribution in [2.45, 2.75) is 0 Å². The Morgan fingerprint density at radius 2 is 2.04 bits per heavy atom. The Bertz CT molecular complexity index is 904. The molecule has 0 saturated carbocycles. The van der Waals surface area contributed by atoms with E-state index >= 15 is 0 Å². The Morgan fingerprint density at radius 3 is 2.65 bits per heavy atom. The van der Waals surface area contributed by atoms with Crippen molar-refractivity contribution in [1.82, 2.24) is 4.98 Å². The van der Waals surface area contributed by atoms with Crippen LogP contribution in [-0.4, -0.2) is 9.91 Å². The molecule has 5 nitrogen and oxygen atoms in total. The van der Waals surface area contributed by atoms with Crippen molar-refractivity contribution in [1.29, 1.82) is 5.26 Å². The first-order valence-electron chi connectivity index (χ1n) is 6.53. The van der Waals surface area contributed by atoms with Crippen LogP contribution in [0, 0.1) is 21.4 Å². The lowest BCUT2D eigenvalue weighted by molar-refractivity contribution is -0.384. The van der Waals surface area contributed by atoms with Crippen LogP contribution < -0.4 is 0 Å². The number of nitrogens with zero attached hydrogens (tertiary/aromatic N) is 3. The van der Waals surface area contributed by atoms with E-state index in [2.05, 4.69) is 11.1 Å². The summed E-state index contributed by atoms with van der Waals surface area (Å²) in [4.78, 5) is 15.7. The van der Waals surface area contributed by atoms with Crippen molar-refractivity contribution in [3.05, 3.63) is 67.2 Å². The van der Waals surface area contributed by atoms with Gasteiger partial charge in [0.1, 0.15) is 11.1 Å². The van der Waals surface area contributed by atoms with Gasteiger partial charge in [0.25, 0.3) is 5.69 Å². The summed E-state index contributed by atoms with van der Waals surface area (Å²) < 4.78 is 0. The minimum Gasteiger partial charge on any atom is -0.258 e. The van der Waals surface area contributed by atoms with Crippen LogP contribution in [0.1, 0.15) is 9.88 Å². The van der Waals surface area contributed by atoms with Gasteiger partial charge in [-0.25, -0.2) is 4.98 Å². The van der Waals surface area contributed by atoms with E-state index in [1.807, 2.05) is 29.0 Å². The summed E-state index contributed by atoms with van der Waals surface area (Å²) in [6.07, 6.45) is 1.81. The van der Waals surface area contributed by atoms with Crippen molar-refractivity contribution in [2.75, 3.05) is 0 Å². The Labute approximate surface area is 139 Å². The predicted octanol–water partition coefficient (Wildman–Crippen LogP) is 4.84. The lowest BCUT2D eigenvalue weighted by atomic mass is 10.1. The highest BCUT2D eigenvalue weighted by Crippen LogP contribution is 2.28. The zero-order chi connectivity index (χ0) is 16.2. The van der Waals surface area contributed by atoms with E-state index < -0.39 is 4.92 Å². The summed E-state index contributed by atoms with van der Waals surface area (Å²) in [5.74, 6) is 0. The Kier molecular flexibility index (Phi) is 4.28. The van der Waals surface area contributed by atoms with Crippen LogP contribution in [0.15, 0.2) is 47.2 Å². The van der Waals surface area contributed by atoms with Gasteiger partial charge < -0.3 is 0 Å². The van der Waals surface area contributed by atoms with E-state index in [-0.39, 0.29) is 5.69 Å². The fraction of sp³-hybridized carbons (Fsp3) is 0. The lowest BCUT2D eigenvalue weighted by Crippen LogP contribution is -1.87. The standard InChI is InChI=1S/C16H9N3O2S2/c17-9-12(8-14-2-1-7-22-14)16-18-15(10-23-16)11-3-5-13(6-4-11)19(20)21/h1-8,10H. The molecule has 0 aliphatic carbocycles.